The van der Waals surface area contributed by atoms with Crippen LogP contribution in [0.15, 0.2) is 29.6 Å². The molecular formula is C20H29N3O3S2. The van der Waals surface area contributed by atoms with E-state index >= 15 is 0 Å². The van der Waals surface area contributed by atoms with Gasteiger partial charge in [-0.1, -0.05) is 13.8 Å². The van der Waals surface area contributed by atoms with Gasteiger partial charge in [-0.3, -0.25) is 4.90 Å². The third kappa shape index (κ3) is 5.53. The van der Waals surface area contributed by atoms with Crippen LogP contribution < -0.4 is 4.74 Å². The van der Waals surface area contributed by atoms with Crippen LogP contribution in [-0.2, 0) is 16.6 Å². The molecule has 8 heteroatoms. The molecule has 1 fully saturated rings. The molecule has 2 aromatic rings. The van der Waals surface area contributed by atoms with E-state index < -0.39 is 10.0 Å². The molecule has 28 heavy (non-hydrogen) atoms. The van der Waals surface area contributed by atoms with Gasteiger partial charge in [-0.25, -0.2) is 13.4 Å². The number of methoxy groups -OCH3 is 1. The van der Waals surface area contributed by atoms with E-state index in [0.717, 1.165) is 48.1 Å². The maximum absolute atomic E-state index is 12.4. The molecule has 0 spiro atoms. The highest BCUT2D eigenvalue weighted by atomic mass is 32.2. The Labute approximate surface area is 172 Å². The Balaban J connectivity index is 1.53. The van der Waals surface area contributed by atoms with Gasteiger partial charge in [0.25, 0.3) is 0 Å². The minimum atomic E-state index is -3.13. The normalized spacial score (nSPS) is 16.6. The average molecular weight is 424 g/mol. The highest BCUT2D eigenvalue weighted by Crippen LogP contribution is 2.26. The quantitative estimate of drug-likeness (QED) is 0.652. The van der Waals surface area contributed by atoms with E-state index in [1.165, 1.54) is 0 Å². The lowest BCUT2D eigenvalue weighted by Gasteiger charge is -2.33. The van der Waals surface area contributed by atoms with E-state index in [-0.39, 0.29) is 5.75 Å². The summed E-state index contributed by atoms with van der Waals surface area (Å²) in [7, 11) is -1.47. The number of piperazine rings is 1. The van der Waals surface area contributed by atoms with Crippen molar-refractivity contribution in [3.63, 3.8) is 0 Å². The van der Waals surface area contributed by atoms with Crippen LogP contribution in [0.2, 0.25) is 0 Å². The van der Waals surface area contributed by atoms with Crippen molar-refractivity contribution in [1.82, 2.24) is 14.2 Å². The second-order valence-corrected chi connectivity index (χ2v) is 10.5. The van der Waals surface area contributed by atoms with Crippen LogP contribution in [0.25, 0.3) is 10.6 Å². The summed E-state index contributed by atoms with van der Waals surface area (Å²) in [5, 5.41) is 3.08. The third-order valence-corrected chi connectivity index (χ3v) is 7.80. The molecule has 0 radical (unpaired) electrons. The largest absolute Gasteiger partial charge is 0.497 e. The van der Waals surface area contributed by atoms with Crippen molar-refractivity contribution in [3.05, 3.63) is 35.3 Å². The van der Waals surface area contributed by atoms with Crippen molar-refractivity contribution in [3.8, 4) is 16.3 Å². The van der Waals surface area contributed by atoms with Gasteiger partial charge in [0.15, 0.2) is 0 Å². The lowest BCUT2D eigenvalue weighted by atomic mass is 10.2. The van der Waals surface area contributed by atoms with E-state index in [0.29, 0.717) is 19.0 Å². The molecule has 1 aromatic heterocycles. The second-order valence-electron chi connectivity index (χ2n) is 7.55. The predicted octanol–water partition coefficient (Wildman–Crippen LogP) is 3.31. The standard InChI is InChI=1S/C20H29N3O3S2/c1-16(2)8-13-28(24,25)23-11-9-22(10-12-23)14-18-15-27-20(21-18)17-4-6-19(26-3)7-5-17/h4-7,15-16H,8-14H2,1-3H3. The van der Waals surface area contributed by atoms with Crippen molar-refractivity contribution in [2.45, 2.75) is 26.8 Å². The Morgan fingerprint density at radius 1 is 1.14 bits per heavy atom. The summed E-state index contributed by atoms with van der Waals surface area (Å²) in [6, 6.07) is 7.91. The van der Waals surface area contributed by atoms with Crippen molar-refractivity contribution in [2.75, 3.05) is 39.0 Å². The van der Waals surface area contributed by atoms with Crippen LogP contribution in [0.5, 0.6) is 5.75 Å². The summed E-state index contributed by atoms with van der Waals surface area (Å²) in [5.41, 5.74) is 2.12. The van der Waals surface area contributed by atoms with E-state index in [2.05, 4.69) is 24.1 Å². The molecule has 154 valence electrons. The molecule has 2 heterocycles. The van der Waals surface area contributed by atoms with Crippen LogP contribution in [0, 0.1) is 5.92 Å². The fourth-order valence-corrected chi connectivity index (χ4v) is 5.72. The van der Waals surface area contributed by atoms with Gasteiger partial charge in [0.1, 0.15) is 10.8 Å². The smallest absolute Gasteiger partial charge is 0.214 e. The van der Waals surface area contributed by atoms with Crippen molar-refractivity contribution < 1.29 is 13.2 Å². The number of thiazole rings is 1. The van der Waals surface area contributed by atoms with Crippen LogP contribution >= 0.6 is 11.3 Å². The fourth-order valence-electron chi connectivity index (χ4n) is 3.15. The van der Waals surface area contributed by atoms with Gasteiger partial charge in [0.05, 0.1) is 18.6 Å². The van der Waals surface area contributed by atoms with Gasteiger partial charge in [-0.2, -0.15) is 4.31 Å². The number of sulfonamides is 1. The van der Waals surface area contributed by atoms with E-state index in [4.69, 9.17) is 9.72 Å². The molecule has 0 unspecified atom stereocenters. The Hall–Kier alpha value is -1.48. The Bertz CT molecular complexity index is 855. The Kier molecular flexibility index (Phi) is 7.09. The van der Waals surface area contributed by atoms with E-state index in [1.54, 1.807) is 22.8 Å². The number of ether oxygens (including phenoxy) is 1. The van der Waals surface area contributed by atoms with Gasteiger partial charge in [-0.15, -0.1) is 11.3 Å². The number of rotatable bonds is 8. The molecule has 1 aliphatic rings. The molecule has 0 aliphatic carbocycles. The first-order chi connectivity index (χ1) is 13.4. The van der Waals surface area contributed by atoms with Gasteiger partial charge < -0.3 is 4.74 Å². The Morgan fingerprint density at radius 2 is 1.82 bits per heavy atom. The van der Waals surface area contributed by atoms with Gasteiger partial charge in [-0.05, 0) is 36.6 Å². The molecule has 1 saturated heterocycles. The van der Waals surface area contributed by atoms with Crippen molar-refractivity contribution in [1.29, 1.82) is 0 Å². The summed E-state index contributed by atoms with van der Waals surface area (Å²) < 4.78 is 31.7. The maximum atomic E-state index is 12.4. The van der Waals surface area contributed by atoms with Crippen LogP contribution in [0.4, 0.5) is 0 Å². The minimum Gasteiger partial charge on any atom is -0.497 e. The van der Waals surface area contributed by atoms with Gasteiger partial charge in [0, 0.05) is 43.7 Å². The first-order valence-corrected chi connectivity index (χ1v) is 12.2. The summed E-state index contributed by atoms with van der Waals surface area (Å²) in [5.74, 6) is 1.49. The van der Waals surface area contributed by atoms with Crippen LogP contribution in [-0.4, -0.2) is 61.6 Å². The molecule has 1 aliphatic heterocycles. The predicted molar refractivity (Wildman–Crippen MR) is 114 cm³/mol. The van der Waals surface area contributed by atoms with E-state index in [9.17, 15) is 8.42 Å². The molecule has 6 nitrogen and oxygen atoms in total. The number of benzene rings is 1. The average Bonchev–Trinajstić information content (AvgIpc) is 3.15. The maximum Gasteiger partial charge on any atom is 0.214 e. The van der Waals surface area contributed by atoms with Crippen LogP contribution in [0.3, 0.4) is 0 Å². The third-order valence-electron chi connectivity index (χ3n) is 4.95. The highest BCUT2D eigenvalue weighted by Gasteiger charge is 2.27. The van der Waals surface area contributed by atoms with Crippen molar-refractivity contribution in [2.24, 2.45) is 5.92 Å². The Morgan fingerprint density at radius 3 is 2.43 bits per heavy atom. The molecule has 0 bridgehead atoms. The number of hydrogen-bond donors (Lipinski definition) is 0. The molecular weight excluding hydrogens is 394 g/mol. The fraction of sp³-hybridized carbons (Fsp3) is 0.550. The molecule has 0 amide bonds. The first-order valence-electron chi connectivity index (χ1n) is 9.66. The molecule has 3 rings (SSSR count). The van der Waals surface area contributed by atoms with Gasteiger partial charge in [0.2, 0.25) is 10.0 Å². The molecule has 0 saturated carbocycles. The second kappa shape index (κ2) is 9.35. The lowest BCUT2D eigenvalue weighted by Crippen LogP contribution is -2.48. The van der Waals surface area contributed by atoms with E-state index in [1.807, 2.05) is 24.3 Å². The SMILES string of the molecule is COc1ccc(-c2nc(CN3CCN(S(=O)(=O)CCC(C)C)CC3)cs2)cc1. The summed E-state index contributed by atoms with van der Waals surface area (Å²) in [6.07, 6.45) is 0.718. The zero-order chi connectivity index (χ0) is 20.1. The topological polar surface area (TPSA) is 62.7 Å². The molecule has 1 aromatic carbocycles. The minimum absolute atomic E-state index is 0.252. The number of aromatic nitrogens is 1. The zero-order valence-corrected chi connectivity index (χ0v) is 18.4. The summed E-state index contributed by atoms with van der Waals surface area (Å²) in [4.78, 5) is 7.03. The molecule has 0 atom stereocenters. The summed E-state index contributed by atoms with van der Waals surface area (Å²) >= 11 is 1.63. The first kappa shape index (κ1) is 21.2. The number of nitrogens with zero attached hydrogens (tertiary/aromatic N) is 3. The molecule has 0 N–H and O–H groups in total. The van der Waals surface area contributed by atoms with Gasteiger partial charge >= 0.3 is 0 Å². The highest BCUT2D eigenvalue weighted by molar-refractivity contribution is 7.89. The monoisotopic (exact) mass is 423 g/mol. The number of hydrogen-bond acceptors (Lipinski definition) is 6. The summed E-state index contributed by atoms with van der Waals surface area (Å²) in [6.45, 7) is 7.49. The zero-order valence-electron chi connectivity index (χ0n) is 16.8. The van der Waals surface area contributed by atoms with Crippen molar-refractivity contribution >= 4 is 21.4 Å². The lowest BCUT2D eigenvalue weighted by molar-refractivity contribution is 0.180. The van der Waals surface area contributed by atoms with Crippen LogP contribution in [0.1, 0.15) is 26.0 Å².